The SMILES string of the molecule is NC(=O)C1=C(O)CC2CC3Cc4c(N(NC(=O)OCc5ccccc5)C(=O)OCc5ccccc5)ccc(O)c4C(=O)C3=C(O)C2C1=O. The predicted molar refractivity (Wildman–Crippen MR) is 168 cm³/mol. The lowest BCUT2D eigenvalue weighted by molar-refractivity contribution is -0.126. The number of amides is 3. The zero-order valence-electron chi connectivity index (χ0n) is 25.4. The number of aliphatic hydroxyl groups is 2. The third kappa shape index (κ3) is 5.93. The molecule has 3 atom stereocenters. The number of ketones is 2. The number of hydrazine groups is 1. The molecule has 3 aliphatic carbocycles. The number of nitrogens with one attached hydrogen (secondary N) is 1. The standard InChI is InChI=1S/C35H31N3O10/c36-33(44)29-25(40)15-21-13-20-14-22-23(11-12-24(39)28(22)31(42)26(20)30(41)27(21)32(29)43)38(35(46)48-17-19-9-5-2-6-10-19)37-34(45)47-16-18-7-3-1-4-8-18/h1-12,20-21,27,39-41H,13-17H2,(H2,36,44)(H,37,45). The molecule has 3 amide bonds. The number of phenolic OH excluding ortho intramolecular Hbond substituents is 1. The van der Waals surface area contributed by atoms with Crippen molar-refractivity contribution >= 4 is 35.3 Å². The van der Waals surface area contributed by atoms with Gasteiger partial charge in [0.1, 0.15) is 36.1 Å². The summed E-state index contributed by atoms with van der Waals surface area (Å²) in [6.45, 7) is -0.262. The Hall–Kier alpha value is -6.11. The van der Waals surface area contributed by atoms with Gasteiger partial charge in [0.15, 0.2) is 11.6 Å². The number of nitrogens with zero attached hydrogens (tertiary/aromatic N) is 1. The molecule has 0 aliphatic heterocycles. The number of nitrogens with two attached hydrogens (primary N) is 1. The van der Waals surface area contributed by atoms with E-state index in [1.54, 1.807) is 60.7 Å². The molecule has 3 unspecified atom stereocenters. The van der Waals surface area contributed by atoms with Crippen LogP contribution in [0.5, 0.6) is 5.75 Å². The number of allylic oxidation sites excluding steroid dienone is 3. The van der Waals surface area contributed by atoms with E-state index in [9.17, 15) is 39.3 Å². The summed E-state index contributed by atoms with van der Waals surface area (Å²) in [5.41, 5.74) is 8.24. The summed E-state index contributed by atoms with van der Waals surface area (Å²) in [4.78, 5) is 65.6. The van der Waals surface area contributed by atoms with Gasteiger partial charge in [-0.25, -0.2) is 15.0 Å². The molecule has 0 saturated carbocycles. The van der Waals surface area contributed by atoms with Gasteiger partial charge in [-0.3, -0.25) is 14.4 Å². The Balaban J connectivity index is 1.35. The number of benzene rings is 3. The molecule has 3 aromatic carbocycles. The first kappa shape index (κ1) is 31.9. The van der Waals surface area contributed by atoms with E-state index >= 15 is 0 Å². The normalized spacial score (nSPS) is 19.9. The lowest BCUT2D eigenvalue weighted by Gasteiger charge is -2.41. The molecule has 6 N–H and O–H groups in total. The van der Waals surface area contributed by atoms with Crippen LogP contribution in [0.1, 0.15) is 39.9 Å². The first-order valence-electron chi connectivity index (χ1n) is 15.1. The fourth-order valence-corrected chi connectivity index (χ4v) is 6.67. The van der Waals surface area contributed by atoms with Crippen molar-refractivity contribution in [2.24, 2.45) is 23.5 Å². The van der Waals surface area contributed by atoms with Crippen LogP contribution in [0.2, 0.25) is 0 Å². The number of hydrogen-bond acceptors (Lipinski definition) is 10. The van der Waals surface area contributed by atoms with Gasteiger partial charge in [0.2, 0.25) is 0 Å². The molecule has 6 rings (SSSR count). The van der Waals surface area contributed by atoms with E-state index in [1.807, 2.05) is 0 Å². The Kier molecular flexibility index (Phi) is 8.59. The summed E-state index contributed by atoms with van der Waals surface area (Å²) in [7, 11) is 0. The number of primary amides is 1. The summed E-state index contributed by atoms with van der Waals surface area (Å²) >= 11 is 0. The van der Waals surface area contributed by atoms with Crippen molar-refractivity contribution in [1.29, 1.82) is 0 Å². The Labute approximate surface area is 273 Å². The van der Waals surface area contributed by atoms with Crippen molar-refractivity contribution in [3.05, 3.63) is 118 Å². The molecule has 0 aromatic heterocycles. The number of fused-ring (bicyclic) bond motifs is 3. The average molecular weight is 654 g/mol. The monoisotopic (exact) mass is 653 g/mol. The second-order valence-electron chi connectivity index (χ2n) is 11.8. The summed E-state index contributed by atoms with van der Waals surface area (Å²) in [6.07, 6.45) is -2.04. The number of hydrogen-bond donors (Lipinski definition) is 5. The molecular weight excluding hydrogens is 622 g/mol. The predicted octanol–water partition coefficient (Wildman–Crippen LogP) is 4.45. The molecule has 13 nitrogen and oxygen atoms in total. The minimum Gasteiger partial charge on any atom is -0.511 e. The number of Topliss-reactive ketones (excluding diaryl/α,β-unsaturated/α-hetero) is 2. The number of carbonyl (C=O) groups excluding carboxylic acids is 5. The number of aliphatic hydroxyl groups excluding tert-OH is 2. The van der Waals surface area contributed by atoms with E-state index in [-0.39, 0.29) is 54.9 Å². The largest absolute Gasteiger partial charge is 0.511 e. The molecule has 0 fully saturated rings. The van der Waals surface area contributed by atoms with E-state index in [4.69, 9.17) is 15.2 Å². The highest BCUT2D eigenvalue weighted by atomic mass is 16.6. The smallest absolute Gasteiger partial charge is 0.433 e. The molecule has 13 heteroatoms. The topological polar surface area (TPSA) is 206 Å². The molecule has 48 heavy (non-hydrogen) atoms. The van der Waals surface area contributed by atoms with E-state index in [1.165, 1.54) is 6.07 Å². The highest BCUT2D eigenvalue weighted by Gasteiger charge is 2.50. The van der Waals surface area contributed by atoms with Crippen LogP contribution in [0.4, 0.5) is 15.3 Å². The summed E-state index contributed by atoms with van der Waals surface area (Å²) in [6, 6.07) is 20.2. The average Bonchev–Trinajstić information content (AvgIpc) is 3.06. The molecule has 0 radical (unpaired) electrons. The van der Waals surface area contributed by atoms with Crippen LogP contribution < -0.4 is 16.2 Å². The zero-order chi connectivity index (χ0) is 34.1. The van der Waals surface area contributed by atoms with Gasteiger partial charge in [0.25, 0.3) is 5.91 Å². The zero-order valence-corrected chi connectivity index (χ0v) is 25.4. The van der Waals surface area contributed by atoms with Gasteiger partial charge in [0.05, 0.1) is 17.2 Å². The van der Waals surface area contributed by atoms with Crippen molar-refractivity contribution < 1.29 is 48.8 Å². The second kappa shape index (κ2) is 12.9. The van der Waals surface area contributed by atoms with Crippen LogP contribution in [-0.2, 0) is 38.7 Å². The molecular formula is C35H31N3O10. The molecule has 0 spiro atoms. The molecule has 0 saturated heterocycles. The van der Waals surface area contributed by atoms with Crippen molar-refractivity contribution in [1.82, 2.24) is 5.43 Å². The van der Waals surface area contributed by atoms with Crippen molar-refractivity contribution in [2.75, 3.05) is 5.01 Å². The van der Waals surface area contributed by atoms with Gasteiger partial charge >= 0.3 is 12.2 Å². The molecule has 3 aromatic rings. The molecule has 0 bridgehead atoms. The van der Waals surface area contributed by atoms with Gasteiger partial charge in [-0.15, -0.1) is 0 Å². The van der Waals surface area contributed by atoms with Gasteiger partial charge in [-0.05, 0) is 53.5 Å². The van der Waals surface area contributed by atoms with Gasteiger partial charge in [0, 0.05) is 12.0 Å². The number of phenols is 1. The van der Waals surface area contributed by atoms with E-state index in [2.05, 4.69) is 5.43 Å². The van der Waals surface area contributed by atoms with Crippen molar-refractivity contribution in [2.45, 2.75) is 32.5 Å². The van der Waals surface area contributed by atoms with E-state index in [0.29, 0.717) is 11.1 Å². The maximum Gasteiger partial charge on any atom is 0.433 e. The quantitative estimate of drug-likeness (QED) is 0.187. The van der Waals surface area contributed by atoms with E-state index in [0.717, 1.165) is 11.1 Å². The minimum atomic E-state index is -1.28. The summed E-state index contributed by atoms with van der Waals surface area (Å²) < 4.78 is 10.9. The second-order valence-corrected chi connectivity index (χ2v) is 11.8. The maximum atomic E-state index is 14.0. The highest BCUT2D eigenvalue weighted by Crippen LogP contribution is 2.50. The first-order valence-corrected chi connectivity index (χ1v) is 15.1. The number of anilines is 1. The molecule has 0 heterocycles. The molecule has 246 valence electrons. The maximum absolute atomic E-state index is 14.0. The highest BCUT2D eigenvalue weighted by molar-refractivity contribution is 6.22. The van der Waals surface area contributed by atoms with E-state index < -0.39 is 70.3 Å². The lowest BCUT2D eigenvalue weighted by Crippen LogP contribution is -2.48. The summed E-state index contributed by atoms with van der Waals surface area (Å²) in [5, 5.41) is 33.4. The Morgan fingerprint density at radius 2 is 1.48 bits per heavy atom. The van der Waals surface area contributed by atoms with Crippen molar-refractivity contribution in [3.8, 4) is 5.75 Å². The minimum absolute atomic E-state index is 0.00464. The van der Waals surface area contributed by atoms with Crippen LogP contribution in [0, 0.1) is 17.8 Å². The number of carbonyl (C=O) groups is 5. The van der Waals surface area contributed by atoms with Gasteiger partial charge < -0.3 is 30.5 Å². The third-order valence-electron chi connectivity index (χ3n) is 8.79. The van der Waals surface area contributed by atoms with Crippen LogP contribution in [0.15, 0.2) is 95.5 Å². The Bertz CT molecular complexity index is 1890. The van der Waals surface area contributed by atoms with Crippen LogP contribution in [-0.4, -0.2) is 45.0 Å². The number of ether oxygens (including phenoxy) is 2. The third-order valence-corrected chi connectivity index (χ3v) is 8.79. The Morgan fingerprint density at radius 1 is 0.854 bits per heavy atom. The Morgan fingerprint density at radius 3 is 2.10 bits per heavy atom. The summed E-state index contributed by atoms with van der Waals surface area (Å²) in [5.74, 6) is -7.00. The van der Waals surface area contributed by atoms with Crippen LogP contribution >= 0.6 is 0 Å². The van der Waals surface area contributed by atoms with Crippen LogP contribution in [0.25, 0.3) is 0 Å². The van der Waals surface area contributed by atoms with Crippen LogP contribution in [0.3, 0.4) is 0 Å². The first-order chi connectivity index (χ1) is 23.0. The molecule has 3 aliphatic rings. The number of aromatic hydroxyl groups is 1. The lowest BCUT2D eigenvalue weighted by atomic mass is 9.62. The number of rotatable bonds is 6. The van der Waals surface area contributed by atoms with Gasteiger partial charge in [-0.1, -0.05) is 60.7 Å². The van der Waals surface area contributed by atoms with Crippen molar-refractivity contribution in [3.63, 3.8) is 0 Å². The fraction of sp³-hybridized carbons (Fsp3) is 0.229. The fourth-order valence-electron chi connectivity index (χ4n) is 6.67. The van der Waals surface area contributed by atoms with Gasteiger partial charge in [-0.2, -0.15) is 5.01 Å².